The molecule has 1 atom stereocenters. The van der Waals surface area contributed by atoms with Gasteiger partial charge >= 0.3 is 5.97 Å². The van der Waals surface area contributed by atoms with Crippen molar-refractivity contribution in [3.05, 3.63) is 35.6 Å². The molecule has 1 aliphatic heterocycles. The monoisotopic (exact) mass is 182 g/mol. The van der Waals surface area contributed by atoms with E-state index in [-0.39, 0.29) is 6.61 Å². The molecule has 0 radical (unpaired) electrons. The van der Waals surface area contributed by atoms with Crippen molar-refractivity contribution in [1.82, 2.24) is 0 Å². The van der Waals surface area contributed by atoms with Crippen LogP contribution in [0.3, 0.4) is 0 Å². The Balaban J connectivity index is 2.41. The summed E-state index contributed by atoms with van der Waals surface area (Å²) in [6.07, 6.45) is 0. The summed E-state index contributed by atoms with van der Waals surface area (Å²) in [5.41, 5.74) is -0.928. The Hall–Kier alpha value is -1.42. The smallest absolute Gasteiger partial charge is 0.343 e. The zero-order valence-corrected chi connectivity index (χ0v) is 6.66. The lowest BCUT2D eigenvalue weighted by Gasteiger charge is -2.05. The largest absolute Gasteiger partial charge is 0.479 e. The molecule has 1 aliphatic rings. The number of carbonyl (C=O) groups is 1. The first kappa shape index (κ1) is 8.19. The summed E-state index contributed by atoms with van der Waals surface area (Å²) in [4.78, 5) is 10.7. The second kappa shape index (κ2) is 2.53. The van der Waals surface area contributed by atoms with E-state index in [2.05, 4.69) is 0 Å². The molecule has 68 valence electrons. The first-order valence-corrected chi connectivity index (χ1v) is 3.78. The molecule has 0 bridgehead atoms. The van der Waals surface area contributed by atoms with Gasteiger partial charge in [0.05, 0.1) is 6.61 Å². The van der Waals surface area contributed by atoms with Crippen LogP contribution in [0.4, 0.5) is 4.39 Å². The molecule has 0 spiro atoms. The second-order valence-corrected chi connectivity index (χ2v) is 2.93. The molecule has 1 aromatic rings. The maximum Gasteiger partial charge on any atom is 0.343 e. The maximum absolute atomic E-state index is 12.7. The Morgan fingerprint density at radius 3 is 2.77 bits per heavy atom. The lowest BCUT2D eigenvalue weighted by atomic mass is 10.0. The maximum atomic E-state index is 12.7. The number of carboxylic acid groups (broad SMARTS) is 1. The van der Waals surface area contributed by atoms with Gasteiger partial charge in [0.25, 0.3) is 0 Å². The molecule has 2 rings (SSSR count). The summed E-state index contributed by atoms with van der Waals surface area (Å²) in [5.74, 6) is -1.52. The van der Waals surface area contributed by atoms with Gasteiger partial charge in [-0.2, -0.15) is 0 Å². The van der Waals surface area contributed by atoms with E-state index in [1.807, 2.05) is 0 Å². The first-order chi connectivity index (χ1) is 6.15. The van der Waals surface area contributed by atoms with Gasteiger partial charge < -0.3 is 9.84 Å². The molecule has 0 aromatic heterocycles. The fourth-order valence-electron chi connectivity index (χ4n) is 1.23. The third-order valence-electron chi connectivity index (χ3n) is 2.07. The van der Waals surface area contributed by atoms with Crippen LogP contribution >= 0.6 is 0 Å². The first-order valence-electron chi connectivity index (χ1n) is 3.78. The van der Waals surface area contributed by atoms with E-state index in [0.717, 1.165) is 0 Å². The fraction of sp³-hybridized carbons (Fsp3) is 0.222. The molecule has 0 amide bonds. The molecule has 13 heavy (non-hydrogen) atoms. The number of hydrogen-bond acceptors (Lipinski definition) is 2. The van der Waals surface area contributed by atoms with Crippen molar-refractivity contribution in [2.24, 2.45) is 0 Å². The molecule has 3 nitrogen and oxygen atoms in total. The fourth-order valence-corrected chi connectivity index (χ4v) is 1.23. The van der Waals surface area contributed by atoms with Crippen molar-refractivity contribution in [3.63, 3.8) is 0 Å². The molecule has 0 aliphatic carbocycles. The van der Waals surface area contributed by atoms with Crippen LogP contribution in [0.2, 0.25) is 0 Å². The molecular weight excluding hydrogens is 175 g/mol. The minimum absolute atomic E-state index is 0.117. The number of rotatable bonds is 2. The highest BCUT2D eigenvalue weighted by molar-refractivity contribution is 5.82. The van der Waals surface area contributed by atoms with Crippen LogP contribution in [0.25, 0.3) is 0 Å². The standard InChI is InChI=1S/C9H7FO3/c10-7-3-1-2-6(4-7)9(5-13-9)8(11)12/h1-4H,5H2,(H,11,12). The van der Waals surface area contributed by atoms with E-state index in [4.69, 9.17) is 9.84 Å². The van der Waals surface area contributed by atoms with E-state index in [1.165, 1.54) is 18.2 Å². The van der Waals surface area contributed by atoms with E-state index in [1.54, 1.807) is 6.07 Å². The molecule has 1 saturated heterocycles. The summed E-state index contributed by atoms with van der Waals surface area (Å²) in [6.45, 7) is 0.117. The molecule has 1 fully saturated rings. The van der Waals surface area contributed by atoms with Crippen molar-refractivity contribution in [2.75, 3.05) is 6.61 Å². The molecule has 1 N–H and O–H groups in total. The Morgan fingerprint density at radius 2 is 2.31 bits per heavy atom. The topological polar surface area (TPSA) is 49.8 Å². The predicted molar refractivity (Wildman–Crippen MR) is 41.7 cm³/mol. The van der Waals surface area contributed by atoms with Crippen LogP contribution in [0, 0.1) is 5.82 Å². The van der Waals surface area contributed by atoms with Gasteiger partial charge in [-0.05, 0) is 12.1 Å². The Bertz CT molecular complexity index is 358. The number of hydrogen-bond donors (Lipinski definition) is 1. The highest BCUT2D eigenvalue weighted by Gasteiger charge is 2.54. The van der Waals surface area contributed by atoms with Crippen molar-refractivity contribution in [1.29, 1.82) is 0 Å². The lowest BCUT2D eigenvalue weighted by molar-refractivity contribution is -0.143. The summed E-state index contributed by atoms with van der Waals surface area (Å²) >= 11 is 0. The van der Waals surface area contributed by atoms with Crippen molar-refractivity contribution in [2.45, 2.75) is 5.60 Å². The van der Waals surface area contributed by atoms with Gasteiger partial charge in [-0.3, -0.25) is 0 Å². The molecule has 1 unspecified atom stereocenters. The quantitative estimate of drug-likeness (QED) is 0.697. The van der Waals surface area contributed by atoms with Crippen molar-refractivity contribution < 1.29 is 19.0 Å². The van der Waals surface area contributed by atoms with Gasteiger partial charge in [0.1, 0.15) is 5.82 Å². The number of carboxylic acids is 1. The van der Waals surface area contributed by atoms with Gasteiger partial charge in [-0.15, -0.1) is 0 Å². The molecule has 1 aromatic carbocycles. The van der Waals surface area contributed by atoms with E-state index in [0.29, 0.717) is 5.56 Å². The van der Waals surface area contributed by atoms with Gasteiger partial charge in [-0.1, -0.05) is 12.1 Å². The second-order valence-electron chi connectivity index (χ2n) is 2.93. The highest BCUT2D eigenvalue weighted by Crippen LogP contribution is 2.38. The van der Waals surface area contributed by atoms with Crippen LogP contribution < -0.4 is 0 Å². The third-order valence-corrected chi connectivity index (χ3v) is 2.07. The van der Waals surface area contributed by atoms with E-state index < -0.39 is 17.4 Å². The van der Waals surface area contributed by atoms with Crippen molar-refractivity contribution >= 4 is 5.97 Å². The number of benzene rings is 1. The highest BCUT2D eigenvalue weighted by atomic mass is 19.1. The normalized spacial score (nSPS) is 25.6. The van der Waals surface area contributed by atoms with Gasteiger partial charge in [0.15, 0.2) is 0 Å². The summed E-state index contributed by atoms with van der Waals surface area (Å²) in [6, 6.07) is 5.46. The zero-order chi connectivity index (χ0) is 9.47. The summed E-state index contributed by atoms with van der Waals surface area (Å²) in [5, 5.41) is 8.80. The minimum atomic E-state index is -1.29. The zero-order valence-electron chi connectivity index (χ0n) is 6.66. The average molecular weight is 182 g/mol. The Morgan fingerprint density at radius 1 is 1.62 bits per heavy atom. The molecule has 1 heterocycles. The van der Waals surface area contributed by atoms with Crippen LogP contribution in [-0.2, 0) is 15.1 Å². The Labute approximate surface area is 73.8 Å². The predicted octanol–water partition coefficient (Wildman–Crippen LogP) is 1.14. The number of ether oxygens (including phenoxy) is 1. The van der Waals surface area contributed by atoms with Crippen LogP contribution in [0.15, 0.2) is 24.3 Å². The molecule has 0 saturated carbocycles. The minimum Gasteiger partial charge on any atom is -0.479 e. The lowest BCUT2D eigenvalue weighted by Crippen LogP contribution is -2.21. The Kier molecular flexibility index (Phi) is 1.60. The number of aliphatic carboxylic acids is 1. The molecular formula is C9H7FO3. The molecule has 4 heteroatoms. The van der Waals surface area contributed by atoms with Gasteiger partial charge in [-0.25, -0.2) is 9.18 Å². The SMILES string of the molecule is O=C(O)C1(c2cccc(F)c2)CO1. The summed E-state index contributed by atoms with van der Waals surface area (Å²) in [7, 11) is 0. The van der Waals surface area contributed by atoms with Crippen molar-refractivity contribution in [3.8, 4) is 0 Å². The van der Waals surface area contributed by atoms with E-state index >= 15 is 0 Å². The van der Waals surface area contributed by atoms with Gasteiger partial charge in [0.2, 0.25) is 5.60 Å². The van der Waals surface area contributed by atoms with Gasteiger partial charge in [0, 0.05) is 5.56 Å². The van der Waals surface area contributed by atoms with E-state index in [9.17, 15) is 9.18 Å². The third kappa shape index (κ3) is 1.19. The summed E-state index contributed by atoms with van der Waals surface area (Å²) < 4.78 is 17.6. The van der Waals surface area contributed by atoms with Crippen LogP contribution in [0.1, 0.15) is 5.56 Å². The number of epoxide rings is 1. The number of halogens is 1. The van der Waals surface area contributed by atoms with Crippen LogP contribution in [-0.4, -0.2) is 17.7 Å². The average Bonchev–Trinajstić information content (AvgIpc) is 2.83. The van der Waals surface area contributed by atoms with Crippen LogP contribution in [0.5, 0.6) is 0 Å².